The minimum Gasteiger partial charge on any atom is -0.494 e. The zero-order chi connectivity index (χ0) is 7.40. The molecule has 0 unspecified atom stereocenters. The van der Waals surface area contributed by atoms with E-state index in [0.29, 0.717) is 6.61 Å². The van der Waals surface area contributed by atoms with E-state index in [4.69, 9.17) is 4.74 Å². The van der Waals surface area contributed by atoms with Gasteiger partial charge in [-0.15, -0.1) is 0 Å². The molecular weight excluding hydrogens is 124 g/mol. The number of allylic oxidation sites excluding steroid dienone is 4. The van der Waals surface area contributed by atoms with Gasteiger partial charge in [-0.3, -0.25) is 0 Å². The van der Waals surface area contributed by atoms with Crippen LogP contribution in [0.5, 0.6) is 0 Å². The maximum Gasteiger partial charge on any atom is 0.109 e. The summed E-state index contributed by atoms with van der Waals surface area (Å²) in [5.41, 5.74) is 1.32. The first-order chi connectivity index (χ1) is 4.79. The topological polar surface area (TPSA) is 9.23 Å². The Morgan fingerprint density at radius 2 is 2.60 bits per heavy atom. The lowest BCUT2D eigenvalue weighted by atomic mass is 10.2. The SMILES string of the molecule is C=C(C)OCC1=CC=CC1. The van der Waals surface area contributed by atoms with E-state index in [1.807, 2.05) is 6.92 Å². The highest BCUT2D eigenvalue weighted by Crippen LogP contribution is 2.11. The highest BCUT2D eigenvalue weighted by atomic mass is 16.5. The lowest BCUT2D eigenvalue weighted by Crippen LogP contribution is -1.93. The average molecular weight is 136 g/mol. The molecule has 0 aromatic rings. The normalized spacial score (nSPS) is 15.1. The van der Waals surface area contributed by atoms with Crippen molar-refractivity contribution in [2.24, 2.45) is 0 Å². The predicted molar refractivity (Wildman–Crippen MR) is 42.6 cm³/mol. The molecule has 0 atom stereocenters. The molecule has 0 N–H and O–H groups in total. The van der Waals surface area contributed by atoms with Gasteiger partial charge >= 0.3 is 0 Å². The number of ether oxygens (including phenoxy) is 1. The van der Waals surface area contributed by atoms with Gasteiger partial charge in [0.05, 0.1) is 5.76 Å². The summed E-state index contributed by atoms with van der Waals surface area (Å²) in [6.45, 7) is 6.21. The second-order valence-corrected chi connectivity index (χ2v) is 2.45. The van der Waals surface area contributed by atoms with Crippen molar-refractivity contribution in [1.29, 1.82) is 0 Å². The molecule has 1 nitrogen and oxygen atoms in total. The molecule has 0 radical (unpaired) electrons. The van der Waals surface area contributed by atoms with Crippen LogP contribution in [0.25, 0.3) is 0 Å². The van der Waals surface area contributed by atoms with E-state index in [2.05, 4.69) is 24.8 Å². The van der Waals surface area contributed by atoms with Crippen molar-refractivity contribution in [2.45, 2.75) is 13.3 Å². The minimum absolute atomic E-state index is 0.697. The van der Waals surface area contributed by atoms with E-state index in [9.17, 15) is 0 Å². The van der Waals surface area contributed by atoms with Crippen LogP contribution in [0.3, 0.4) is 0 Å². The van der Waals surface area contributed by atoms with Crippen LogP contribution in [0, 0.1) is 0 Å². The molecular formula is C9H12O. The molecule has 0 heterocycles. The van der Waals surface area contributed by atoms with E-state index in [1.165, 1.54) is 5.57 Å². The Labute approximate surface area is 61.7 Å². The first kappa shape index (κ1) is 7.13. The second kappa shape index (κ2) is 3.25. The zero-order valence-corrected chi connectivity index (χ0v) is 6.26. The largest absolute Gasteiger partial charge is 0.494 e. The maximum atomic E-state index is 5.22. The Balaban J connectivity index is 2.21. The summed E-state index contributed by atoms with van der Waals surface area (Å²) in [5, 5.41) is 0. The van der Waals surface area contributed by atoms with E-state index in [-0.39, 0.29) is 0 Å². The molecule has 0 aromatic carbocycles. The Kier molecular flexibility index (Phi) is 2.32. The molecule has 0 spiro atoms. The standard InChI is InChI=1S/C9H12O/c1-8(2)10-7-9-5-3-4-6-9/h3-5H,1,6-7H2,2H3. The van der Waals surface area contributed by atoms with Crippen molar-refractivity contribution in [1.82, 2.24) is 0 Å². The molecule has 0 saturated heterocycles. The molecule has 10 heavy (non-hydrogen) atoms. The summed E-state index contributed by atoms with van der Waals surface area (Å²) in [7, 11) is 0. The molecule has 1 aliphatic carbocycles. The molecule has 54 valence electrons. The van der Waals surface area contributed by atoms with Gasteiger partial charge in [-0.05, 0) is 18.9 Å². The smallest absolute Gasteiger partial charge is 0.109 e. The quantitative estimate of drug-likeness (QED) is 0.541. The van der Waals surface area contributed by atoms with Crippen molar-refractivity contribution in [2.75, 3.05) is 6.61 Å². The lowest BCUT2D eigenvalue weighted by Gasteiger charge is -2.04. The molecule has 0 saturated carbocycles. The third kappa shape index (κ3) is 2.09. The summed E-state index contributed by atoms with van der Waals surface area (Å²) < 4.78 is 5.22. The molecule has 0 aromatic heterocycles. The first-order valence-corrected chi connectivity index (χ1v) is 3.42. The Bertz CT molecular complexity index is 187. The highest BCUT2D eigenvalue weighted by molar-refractivity contribution is 5.23. The molecule has 1 heteroatoms. The van der Waals surface area contributed by atoms with Gasteiger partial charge in [0.15, 0.2) is 0 Å². The molecule has 0 fully saturated rings. The van der Waals surface area contributed by atoms with Crippen LogP contribution in [0.15, 0.2) is 36.1 Å². The zero-order valence-electron chi connectivity index (χ0n) is 6.26. The maximum absolute atomic E-state index is 5.22. The highest BCUT2D eigenvalue weighted by Gasteiger charge is 1.98. The van der Waals surface area contributed by atoms with Crippen LogP contribution in [-0.2, 0) is 4.74 Å². The van der Waals surface area contributed by atoms with Crippen molar-refractivity contribution in [3.63, 3.8) is 0 Å². The summed E-state index contributed by atoms with van der Waals surface area (Å²) in [5.74, 6) is 0.785. The van der Waals surface area contributed by atoms with Crippen molar-refractivity contribution in [3.8, 4) is 0 Å². The van der Waals surface area contributed by atoms with E-state index in [0.717, 1.165) is 12.2 Å². The number of hydrogen-bond donors (Lipinski definition) is 0. The molecule has 1 rings (SSSR count). The fourth-order valence-corrected chi connectivity index (χ4v) is 0.815. The van der Waals surface area contributed by atoms with Crippen LogP contribution in [0.4, 0.5) is 0 Å². The Morgan fingerprint density at radius 1 is 1.80 bits per heavy atom. The summed E-state index contributed by atoms with van der Waals surface area (Å²) >= 11 is 0. The minimum atomic E-state index is 0.697. The van der Waals surface area contributed by atoms with Gasteiger partial charge < -0.3 is 4.74 Å². The molecule has 0 aliphatic heterocycles. The van der Waals surface area contributed by atoms with Crippen molar-refractivity contribution in [3.05, 3.63) is 36.1 Å². The van der Waals surface area contributed by atoms with Crippen molar-refractivity contribution >= 4 is 0 Å². The predicted octanol–water partition coefficient (Wildman–Crippen LogP) is 2.42. The fourth-order valence-electron chi connectivity index (χ4n) is 0.815. The van der Waals surface area contributed by atoms with Gasteiger partial charge in [0.1, 0.15) is 6.61 Å². The molecule has 1 aliphatic rings. The van der Waals surface area contributed by atoms with E-state index >= 15 is 0 Å². The van der Waals surface area contributed by atoms with Crippen LogP contribution >= 0.6 is 0 Å². The van der Waals surface area contributed by atoms with E-state index < -0.39 is 0 Å². The second-order valence-electron chi connectivity index (χ2n) is 2.45. The van der Waals surface area contributed by atoms with Gasteiger partial charge in [-0.2, -0.15) is 0 Å². The van der Waals surface area contributed by atoms with Gasteiger partial charge in [0.25, 0.3) is 0 Å². The monoisotopic (exact) mass is 136 g/mol. The number of rotatable bonds is 3. The summed E-state index contributed by atoms with van der Waals surface area (Å²) in [6, 6.07) is 0. The van der Waals surface area contributed by atoms with Gasteiger partial charge in [-0.25, -0.2) is 0 Å². The van der Waals surface area contributed by atoms with Crippen LogP contribution in [0.2, 0.25) is 0 Å². The summed E-state index contributed by atoms with van der Waals surface area (Å²) in [6.07, 6.45) is 7.30. The van der Waals surface area contributed by atoms with Crippen LogP contribution < -0.4 is 0 Å². The Hall–Kier alpha value is -0.980. The van der Waals surface area contributed by atoms with Gasteiger partial charge in [0, 0.05) is 0 Å². The fraction of sp³-hybridized carbons (Fsp3) is 0.333. The molecule has 0 amide bonds. The van der Waals surface area contributed by atoms with Crippen LogP contribution in [-0.4, -0.2) is 6.61 Å². The van der Waals surface area contributed by atoms with Gasteiger partial charge in [0.2, 0.25) is 0 Å². The Morgan fingerprint density at radius 3 is 3.10 bits per heavy atom. The number of hydrogen-bond acceptors (Lipinski definition) is 1. The lowest BCUT2D eigenvalue weighted by molar-refractivity contribution is 0.242. The first-order valence-electron chi connectivity index (χ1n) is 3.42. The average Bonchev–Trinajstić information content (AvgIpc) is 2.34. The summed E-state index contributed by atoms with van der Waals surface area (Å²) in [4.78, 5) is 0. The van der Waals surface area contributed by atoms with Crippen molar-refractivity contribution < 1.29 is 4.74 Å². The van der Waals surface area contributed by atoms with Crippen LogP contribution in [0.1, 0.15) is 13.3 Å². The molecule has 0 bridgehead atoms. The third-order valence-corrected chi connectivity index (χ3v) is 1.35. The van der Waals surface area contributed by atoms with Gasteiger partial charge in [-0.1, -0.05) is 24.8 Å². The third-order valence-electron chi connectivity index (χ3n) is 1.35. The van der Waals surface area contributed by atoms with E-state index in [1.54, 1.807) is 0 Å².